The molecule has 2 nitrogen and oxygen atoms in total. The topological polar surface area (TPSA) is 6.48 Å². The van der Waals surface area contributed by atoms with Crippen LogP contribution >= 0.6 is 22.7 Å². The highest BCUT2D eigenvalue weighted by Crippen LogP contribution is 2.43. The van der Waals surface area contributed by atoms with Crippen LogP contribution in [-0.2, 0) is 0 Å². The van der Waals surface area contributed by atoms with Crippen molar-refractivity contribution < 1.29 is 0 Å². The lowest BCUT2D eigenvalue weighted by molar-refractivity contribution is 1.29. The molecule has 0 N–H and O–H groups in total. The maximum absolute atomic E-state index is 2.35. The van der Waals surface area contributed by atoms with E-state index < -0.39 is 0 Å². The number of para-hydroxylation sites is 2. The van der Waals surface area contributed by atoms with E-state index in [9.17, 15) is 0 Å². The number of hydrogen-bond acceptors (Lipinski definition) is 4. The summed E-state index contributed by atoms with van der Waals surface area (Å²) in [6.07, 6.45) is 0. The minimum absolute atomic E-state index is 1.12. The number of thiophene rings is 2. The molecule has 0 aliphatic rings. The SMILES string of the molecule is c1ccc(N(c2ccc(-c3ccc(N(c4ccccc4)c4ccc5sc6ccccc6c5c4)cc3)cc2)c2ccc3c(c2)sc2ccccc23)cc1. The third kappa shape index (κ3) is 5.41. The zero-order valence-corrected chi connectivity index (χ0v) is 29.8. The first kappa shape index (κ1) is 30.6. The smallest absolute Gasteiger partial charge is 0.0476 e. The van der Waals surface area contributed by atoms with Crippen LogP contribution in [-0.4, -0.2) is 0 Å². The van der Waals surface area contributed by atoms with Gasteiger partial charge in [0.05, 0.1) is 0 Å². The zero-order valence-electron chi connectivity index (χ0n) is 28.2. The lowest BCUT2D eigenvalue weighted by Crippen LogP contribution is -2.09. The van der Waals surface area contributed by atoms with Gasteiger partial charge in [0.25, 0.3) is 0 Å². The van der Waals surface area contributed by atoms with Gasteiger partial charge in [0.1, 0.15) is 0 Å². The molecule has 52 heavy (non-hydrogen) atoms. The van der Waals surface area contributed by atoms with E-state index in [0.29, 0.717) is 0 Å². The lowest BCUT2D eigenvalue weighted by atomic mass is 10.0. The molecule has 246 valence electrons. The number of benzene rings is 8. The van der Waals surface area contributed by atoms with Crippen molar-refractivity contribution >= 4 is 97.1 Å². The Kier molecular flexibility index (Phi) is 7.56. The summed E-state index contributed by atoms with van der Waals surface area (Å²) in [6.45, 7) is 0. The third-order valence-electron chi connectivity index (χ3n) is 9.85. The molecule has 0 aliphatic heterocycles. The minimum atomic E-state index is 1.12. The van der Waals surface area contributed by atoms with Crippen molar-refractivity contribution in [2.24, 2.45) is 0 Å². The fraction of sp³-hybridized carbons (Fsp3) is 0. The first-order chi connectivity index (χ1) is 25.8. The van der Waals surface area contributed by atoms with Gasteiger partial charge in [-0.2, -0.15) is 0 Å². The highest BCUT2D eigenvalue weighted by atomic mass is 32.1. The van der Waals surface area contributed by atoms with E-state index >= 15 is 0 Å². The Balaban J connectivity index is 0.994. The van der Waals surface area contributed by atoms with Crippen LogP contribution < -0.4 is 9.80 Å². The molecule has 0 atom stereocenters. The number of nitrogens with zero attached hydrogens (tertiary/aromatic N) is 2. The normalized spacial score (nSPS) is 11.5. The first-order valence-corrected chi connectivity index (χ1v) is 19.1. The second kappa shape index (κ2) is 12.8. The quantitative estimate of drug-likeness (QED) is 0.163. The molecule has 2 aromatic heterocycles. The van der Waals surface area contributed by atoms with Crippen molar-refractivity contribution in [3.8, 4) is 11.1 Å². The molecule has 0 spiro atoms. The van der Waals surface area contributed by atoms with Crippen LogP contribution in [0, 0.1) is 0 Å². The monoisotopic (exact) mass is 700 g/mol. The van der Waals surface area contributed by atoms with Crippen molar-refractivity contribution in [1.82, 2.24) is 0 Å². The summed E-state index contributed by atoms with van der Waals surface area (Å²) in [7, 11) is 0. The van der Waals surface area contributed by atoms with E-state index in [1.807, 2.05) is 22.7 Å². The van der Waals surface area contributed by atoms with Crippen LogP contribution in [0.4, 0.5) is 34.1 Å². The summed E-state index contributed by atoms with van der Waals surface area (Å²) in [6, 6.07) is 70.3. The Labute approximate surface area is 310 Å². The number of anilines is 6. The fourth-order valence-corrected chi connectivity index (χ4v) is 9.59. The van der Waals surface area contributed by atoms with Crippen LogP contribution in [0.5, 0.6) is 0 Å². The summed E-state index contributed by atoms with van der Waals surface area (Å²) < 4.78 is 5.24. The molecule has 0 radical (unpaired) electrons. The molecule has 10 aromatic rings. The zero-order chi connectivity index (χ0) is 34.4. The van der Waals surface area contributed by atoms with Crippen molar-refractivity contribution in [1.29, 1.82) is 0 Å². The van der Waals surface area contributed by atoms with Gasteiger partial charge in [0.2, 0.25) is 0 Å². The molecule has 0 saturated heterocycles. The molecular formula is C48H32N2S2. The Bertz CT molecular complexity index is 2840. The van der Waals surface area contributed by atoms with Gasteiger partial charge in [0.15, 0.2) is 0 Å². The van der Waals surface area contributed by atoms with E-state index in [4.69, 9.17) is 0 Å². The summed E-state index contributed by atoms with van der Waals surface area (Å²) in [5.74, 6) is 0. The van der Waals surface area contributed by atoms with Gasteiger partial charge in [-0.3, -0.25) is 0 Å². The molecule has 0 unspecified atom stereocenters. The van der Waals surface area contributed by atoms with Crippen LogP contribution in [0.2, 0.25) is 0 Å². The van der Waals surface area contributed by atoms with Crippen molar-refractivity contribution in [2.45, 2.75) is 0 Å². The second-order valence-corrected chi connectivity index (χ2v) is 15.2. The Morgan fingerprint density at radius 2 is 0.635 bits per heavy atom. The number of hydrogen-bond donors (Lipinski definition) is 0. The molecule has 0 saturated carbocycles. The molecule has 2 heterocycles. The third-order valence-corrected chi connectivity index (χ3v) is 12.1. The Hall–Kier alpha value is -6.20. The van der Waals surface area contributed by atoms with Crippen LogP contribution in [0.25, 0.3) is 51.5 Å². The van der Waals surface area contributed by atoms with Crippen molar-refractivity contribution in [3.63, 3.8) is 0 Å². The molecule has 0 aliphatic carbocycles. The molecule has 0 fully saturated rings. The van der Waals surface area contributed by atoms with Gasteiger partial charge < -0.3 is 9.80 Å². The average Bonchev–Trinajstić information content (AvgIpc) is 3.77. The summed E-state index contributed by atoms with van der Waals surface area (Å²) in [5, 5.41) is 5.23. The number of rotatable bonds is 7. The molecule has 0 bridgehead atoms. The van der Waals surface area contributed by atoms with Crippen LogP contribution in [0.3, 0.4) is 0 Å². The summed E-state index contributed by atoms with van der Waals surface area (Å²) in [4.78, 5) is 4.70. The van der Waals surface area contributed by atoms with E-state index in [1.54, 1.807) is 0 Å². The molecule has 8 aromatic carbocycles. The molecular weight excluding hydrogens is 669 g/mol. The average molecular weight is 701 g/mol. The van der Waals surface area contributed by atoms with Gasteiger partial charge in [-0.25, -0.2) is 0 Å². The highest BCUT2D eigenvalue weighted by Gasteiger charge is 2.17. The van der Waals surface area contributed by atoms with Gasteiger partial charge >= 0.3 is 0 Å². The van der Waals surface area contributed by atoms with Gasteiger partial charge in [-0.1, -0.05) is 103 Å². The van der Waals surface area contributed by atoms with E-state index in [2.05, 4.69) is 204 Å². The van der Waals surface area contributed by atoms with Crippen molar-refractivity contribution in [3.05, 3.63) is 194 Å². The highest BCUT2D eigenvalue weighted by molar-refractivity contribution is 7.26. The van der Waals surface area contributed by atoms with Crippen LogP contribution in [0.1, 0.15) is 0 Å². The summed E-state index contributed by atoms with van der Waals surface area (Å²) >= 11 is 3.71. The predicted octanol–water partition coefficient (Wildman–Crippen LogP) is 15.0. The van der Waals surface area contributed by atoms with E-state index in [0.717, 1.165) is 34.1 Å². The molecule has 4 heteroatoms. The second-order valence-electron chi connectivity index (χ2n) is 13.0. The summed E-state index contributed by atoms with van der Waals surface area (Å²) in [5.41, 5.74) is 9.17. The first-order valence-electron chi connectivity index (χ1n) is 17.5. The maximum Gasteiger partial charge on any atom is 0.0476 e. The van der Waals surface area contributed by atoms with E-state index in [1.165, 1.54) is 51.5 Å². The van der Waals surface area contributed by atoms with Gasteiger partial charge in [-0.05, 0) is 102 Å². The predicted molar refractivity (Wildman–Crippen MR) is 227 cm³/mol. The largest absolute Gasteiger partial charge is 0.310 e. The Morgan fingerprint density at radius 1 is 0.250 bits per heavy atom. The molecule has 0 amide bonds. The van der Waals surface area contributed by atoms with E-state index in [-0.39, 0.29) is 0 Å². The Morgan fingerprint density at radius 3 is 1.21 bits per heavy atom. The van der Waals surface area contributed by atoms with Gasteiger partial charge in [-0.15, -0.1) is 22.7 Å². The lowest BCUT2D eigenvalue weighted by Gasteiger charge is -2.26. The number of fused-ring (bicyclic) bond motifs is 6. The standard InChI is InChI=1S/C48H32N2S2/c1-3-11-35(12-4-1)49(39-28-30-47-44(31-39)42-16-8-10-18-46(42)51-47)37-23-19-33(20-24-37)34-21-25-38(26-22-34)50(36-13-5-2-6-14-36)40-27-29-43-41-15-7-9-17-45(41)52-48(43)32-40/h1-32H. The van der Waals surface area contributed by atoms with Crippen molar-refractivity contribution in [2.75, 3.05) is 9.80 Å². The maximum atomic E-state index is 2.35. The fourth-order valence-electron chi connectivity index (χ4n) is 7.36. The minimum Gasteiger partial charge on any atom is -0.310 e. The molecule has 10 rings (SSSR count). The van der Waals surface area contributed by atoms with Gasteiger partial charge in [0, 0.05) is 74.5 Å². The van der Waals surface area contributed by atoms with Crippen LogP contribution in [0.15, 0.2) is 194 Å².